The predicted octanol–water partition coefficient (Wildman–Crippen LogP) is 5.03. The van der Waals surface area contributed by atoms with E-state index in [0.717, 1.165) is 40.8 Å². The van der Waals surface area contributed by atoms with E-state index >= 15 is 0 Å². The first-order chi connectivity index (χ1) is 16.2. The lowest BCUT2D eigenvalue weighted by Gasteiger charge is -2.35. The zero-order chi connectivity index (χ0) is 24.3. The first-order valence-electron chi connectivity index (χ1n) is 11.7. The van der Waals surface area contributed by atoms with Gasteiger partial charge < -0.3 is 19.5 Å². The second kappa shape index (κ2) is 9.71. The van der Waals surface area contributed by atoms with Gasteiger partial charge in [-0.1, -0.05) is 30.3 Å². The third kappa shape index (κ3) is 5.30. The molecule has 2 aromatic carbocycles. The van der Waals surface area contributed by atoms with Gasteiger partial charge in [0.1, 0.15) is 11.4 Å². The average Bonchev–Trinajstić information content (AvgIpc) is 3.21. The van der Waals surface area contributed by atoms with Crippen LogP contribution >= 0.6 is 0 Å². The number of para-hydroxylation sites is 2. The van der Waals surface area contributed by atoms with Gasteiger partial charge in [-0.2, -0.15) is 0 Å². The summed E-state index contributed by atoms with van der Waals surface area (Å²) in [7, 11) is 1.61. The van der Waals surface area contributed by atoms with Crippen LogP contribution in [0.1, 0.15) is 45.2 Å². The fourth-order valence-corrected chi connectivity index (χ4v) is 4.31. The molecule has 7 nitrogen and oxygen atoms in total. The number of piperidine rings is 1. The number of amides is 2. The molecule has 1 unspecified atom stereocenters. The Morgan fingerprint density at radius 3 is 2.71 bits per heavy atom. The number of carbonyl (C=O) groups excluding carboxylic acids is 2. The molecule has 1 fully saturated rings. The zero-order valence-electron chi connectivity index (χ0n) is 20.2. The second-order valence-electron chi connectivity index (χ2n) is 9.59. The third-order valence-corrected chi connectivity index (χ3v) is 5.83. The smallest absolute Gasteiger partial charge is 0.410 e. The molecule has 2 heterocycles. The molecule has 7 heteroatoms. The highest BCUT2D eigenvalue weighted by atomic mass is 16.6. The number of hydrogen-bond donors (Lipinski definition) is 1. The Morgan fingerprint density at radius 2 is 1.94 bits per heavy atom. The van der Waals surface area contributed by atoms with E-state index in [9.17, 15) is 9.59 Å². The maximum Gasteiger partial charge on any atom is 0.410 e. The van der Waals surface area contributed by atoms with Crippen LogP contribution < -0.4 is 5.32 Å². The number of ether oxygens (including phenoxy) is 1. The summed E-state index contributed by atoms with van der Waals surface area (Å²) in [6.07, 6.45) is 4.87. The number of carbonyl (C=O) groups is 2. The van der Waals surface area contributed by atoms with E-state index in [1.165, 1.54) is 6.08 Å². The van der Waals surface area contributed by atoms with E-state index < -0.39 is 5.60 Å². The topological polar surface area (TPSA) is 76.5 Å². The fourth-order valence-electron chi connectivity index (χ4n) is 4.31. The van der Waals surface area contributed by atoms with E-state index in [4.69, 9.17) is 9.72 Å². The standard InChI is InChI=1S/C27H32N4O3/c1-27(2,3)34-26(33)30-16-8-11-21(18-30)31-23-13-6-5-12-22(23)29-25(31)20-10-7-9-19(17-20)14-15-24(32)28-4/h5-7,9-10,12-15,17,21H,8,11,16,18H2,1-4H3,(H,28,32)/b15-14+. The van der Waals surface area contributed by atoms with Crippen LogP contribution in [0.4, 0.5) is 4.79 Å². The van der Waals surface area contributed by atoms with Crippen molar-refractivity contribution in [2.24, 2.45) is 0 Å². The van der Waals surface area contributed by atoms with Crippen molar-refractivity contribution in [1.82, 2.24) is 19.8 Å². The van der Waals surface area contributed by atoms with Crippen molar-refractivity contribution in [1.29, 1.82) is 0 Å². The van der Waals surface area contributed by atoms with Gasteiger partial charge in [0.2, 0.25) is 5.91 Å². The Labute approximate surface area is 200 Å². The van der Waals surface area contributed by atoms with Crippen molar-refractivity contribution in [3.8, 4) is 11.4 Å². The predicted molar refractivity (Wildman–Crippen MR) is 134 cm³/mol. The van der Waals surface area contributed by atoms with E-state index in [1.807, 2.05) is 63.2 Å². The van der Waals surface area contributed by atoms with Crippen LogP contribution in [0.2, 0.25) is 0 Å². The van der Waals surface area contributed by atoms with Gasteiger partial charge in [-0.3, -0.25) is 4.79 Å². The molecule has 2 amide bonds. The Kier molecular flexibility index (Phi) is 6.72. The summed E-state index contributed by atoms with van der Waals surface area (Å²) in [6.45, 7) is 6.92. The minimum atomic E-state index is -0.528. The van der Waals surface area contributed by atoms with E-state index in [0.29, 0.717) is 13.1 Å². The quantitative estimate of drug-likeness (QED) is 0.554. The Bertz CT molecular complexity index is 1220. The highest BCUT2D eigenvalue weighted by molar-refractivity contribution is 5.91. The highest BCUT2D eigenvalue weighted by Crippen LogP contribution is 2.33. The highest BCUT2D eigenvalue weighted by Gasteiger charge is 2.30. The van der Waals surface area contributed by atoms with Crippen LogP contribution in [0.25, 0.3) is 28.5 Å². The van der Waals surface area contributed by atoms with Crippen molar-refractivity contribution in [3.63, 3.8) is 0 Å². The lowest BCUT2D eigenvalue weighted by atomic mass is 10.0. The molecular formula is C27H32N4O3. The number of benzene rings is 2. The van der Waals surface area contributed by atoms with Crippen LogP contribution in [0.5, 0.6) is 0 Å². The Morgan fingerprint density at radius 1 is 1.15 bits per heavy atom. The molecule has 0 aliphatic carbocycles. The van der Waals surface area contributed by atoms with Gasteiger partial charge in [0.05, 0.1) is 17.1 Å². The fraction of sp³-hybridized carbons (Fsp3) is 0.370. The molecule has 34 heavy (non-hydrogen) atoms. The zero-order valence-corrected chi connectivity index (χ0v) is 20.2. The molecular weight excluding hydrogens is 428 g/mol. The molecule has 1 atom stereocenters. The molecule has 1 saturated heterocycles. The average molecular weight is 461 g/mol. The maximum absolute atomic E-state index is 12.8. The lowest BCUT2D eigenvalue weighted by molar-refractivity contribution is -0.115. The Hall–Kier alpha value is -3.61. The number of rotatable bonds is 4. The van der Waals surface area contributed by atoms with Crippen LogP contribution in [-0.4, -0.2) is 52.2 Å². The van der Waals surface area contributed by atoms with Crippen molar-refractivity contribution in [2.45, 2.75) is 45.3 Å². The third-order valence-electron chi connectivity index (χ3n) is 5.83. The van der Waals surface area contributed by atoms with Crippen molar-refractivity contribution in [2.75, 3.05) is 20.1 Å². The largest absolute Gasteiger partial charge is 0.444 e. The molecule has 1 aliphatic heterocycles. The second-order valence-corrected chi connectivity index (χ2v) is 9.59. The summed E-state index contributed by atoms with van der Waals surface area (Å²) in [5.41, 5.74) is 3.31. The molecule has 4 rings (SSSR count). The first kappa shape index (κ1) is 23.5. The van der Waals surface area contributed by atoms with Gasteiger partial charge in [0, 0.05) is 31.8 Å². The monoisotopic (exact) mass is 460 g/mol. The summed E-state index contributed by atoms with van der Waals surface area (Å²) in [6, 6.07) is 16.2. The van der Waals surface area contributed by atoms with Crippen molar-refractivity contribution >= 4 is 29.1 Å². The number of nitrogens with one attached hydrogen (secondary N) is 1. The summed E-state index contributed by atoms with van der Waals surface area (Å²) >= 11 is 0. The van der Waals surface area contributed by atoms with Gasteiger partial charge in [0.25, 0.3) is 0 Å². The van der Waals surface area contributed by atoms with Gasteiger partial charge >= 0.3 is 6.09 Å². The molecule has 1 aliphatic rings. The summed E-state index contributed by atoms with van der Waals surface area (Å²) in [4.78, 5) is 31.2. The first-order valence-corrected chi connectivity index (χ1v) is 11.7. The van der Waals surface area contributed by atoms with Crippen LogP contribution in [0.3, 0.4) is 0 Å². The molecule has 0 bridgehead atoms. The SMILES string of the molecule is CNC(=O)/C=C/c1cccc(-c2nc3ccccc3n2C2CCCN(C(=O)OC(C)(C)C)C2)c1. The molecule has 0 spiro atoms. The number of nitrogens with zero attached hydrogens (tertiary/aromatic N) is 3. The van der Waals surface area contributed by atoms with Crippen LogP contribution in [0, 0.1) is 0 Å². The molecule has 3 aromatic rings. The maximum atomic E-state index is 12.8. The van der Waals surface area contributed by atoms with Gasteiger partial charge in [-0.05, 0) is 63.5 Å². The summed E-state index contributed by atoms with van der Waals surface area (Å²) in [5, 5.41) is 2.59. The number of hydrogen-bond acceptors (Lipinski definition) is 4. The van der Waals surface area contributed by atoms with E-state index in [1.54, 1.807) is 18.0 Å². The van der Waals surface area contributed by atoms with Crippen molar-refractivity contribution in [3.05, 3.63) is 60.2 Å². The van der Waals surface area contributed by atoms with Crippen molar-refractivity contribution < 1.29 is 14.3 Å². The van der Waals surface area contributed by atoms with Gasteiger partial charge in [-0.15, -0.1) is 0 Å². The molecule has 0 saturated carbocycles. The minimum Gasteiger partial charge on any atom is -0.444 e. The summed E-state index contributed by atoms with van der Waals surface area (Å²) < 4.78 is 7.90. The van der Waals surface area contributed by atoms with Gasteiger partial charge in [0.15, 0.2) is 0 Å². The molecule has 1 N–H and O–H groups in total. The van der Waals surface area contributed by atoms with Crippen LogP contribution in [0.15, 0.2) is 54.6 Å². The number of likely N-dealkylation sites (tertiary alicyclic amines) is 1. The number of fused-ring (bicyclic) bond motifs is 1. The lowest BCUT2D eigenvalue weighted by Crippen LogP contribution is -2.43. The normalized spacial score (nSPS) is 16.7. The molecule has 0 radical (unpaired) electrons. The van der Waals surface area contributed by atoms with Gasteiger partial charge in [-0.25, -0.2) is 9.78 Å². The van der Waals surface area contributed by atoms with E-state index in [-0.39, 0.29) is 18.0 Å². The summed E-state index contributed by atoms with van der Waals surface area (Å²) in [5.74, 6) is 0.703. The number of aromatic nitrogens is 2. The molecule has 1 aromatic heterocycles. The minimum absolute atomic E-state index is 0.0775. The number of likely N-dealkylation sites (N-methyl/N-ethyl adjacent to an activating group) is 1. The van der Waals surface area contributed by atoms with Crippen LogP contribution in [-0.2, 0) is 9.53 Å². The molecule has 178 valence electrons. The number of imidazole rings is 1. The Balaban J connectivity index is 1.71. The van der Waals surface area contributed by atoms with E-state index in [2.05, 4.69) is 16.0 Å².